The van der Waals surface area contributed by atoms with Crippen molar-refractivity contribution in [3.8, 4) is 29.2 Å². The molecule has 1 atom stereocenters. The van der Waals surface area contributed by atoms with Crippen LogP contribution in [0.2, 0.25) is 0 Å². The Morgan fingerprint density at radius 3 is 2.31 bits per heavy atom. The number of nitriles is 1. The third kappa shape index (κ3) is 5.66. The first kappa shape index (κ1) is 33.6. The average molecular weight is 684 g/mol. The van der Waals surface area contributed by atoms with Crippen LogP contribution < -0.4 is 28.2 Å². The molecule has 3 aromatic carbocycles. The van der Waals surface area contributed by atoms with Gasteiger partial charge < -0.3 is 23.8 Å². The number of rotatable bonds is 11. The van der Waals surface area contributed by atoms with Gasteiger partial charge in [0.05, 0.1) is 44.8 Å². The van der Waals surface area contributed by atoms with Gasteiger partial charge in [-0.15, -0.1) is 0 Å². The number of carbonyl (C=O) groups is 1. The summed E-state index contributed by atoms with van der Waals surface area (Å²) in [4.78, 5) is 23.7. The fourth-order valence-corrected chi connectivity index (χ4v) is 8.28. The number of benzene rings is 3. The third-order valence-corrected chi connectivity index (χ3v) is 10.6. The average Bonchev–Trinajstić information content (AvgIpc) is 3.40. The highest BCUT2D eigenvalue weighted by atomic mass is 32.2. The SMILES string of the molecule is CCOc1cc(N2CCN(C3(c4ccccc4OCC)C(=O)N(S(=O)(=O)c4ccc(OC)cc4OC)c4ccc(C#N)cc43)CC2)ccn1. The van der Waals surface area contributed by atoms with Crippen LogP contribution in [-0.4, -0.2) is 77.8 Å². The largest absolute Gasteiger partial charge is 0.497 e. The van der Waals surface area contributed by atoms with Crippen LogP contribution in [0.3, 0.4) is 0 Å². The fourth-order valence-electron chi connectivity index (χ4n) is 6.67. The van der Waals surface area contributed by atoms with E-state index in [2.05, 4.69) is 16.0 Å². The van der Waals surface area contributed by atoms with Gasteiger partial charge in [0.25, 0.3) is 15.9 Å². The first-order valence-corrected chi connectivity index (χ1v) is 17.4. The van der Waals surface area contributed by atoms with Crippen molar-refractivity contribution >= 4 is 27.3 Å². The molecule has 6 rings (SSSR count). The summed E-state index contributed by atoms with van der Waals surface area (Å²) < 4.78 is 52.8. The number of piperazine rings is 1. The van der Waals surface area contributed by atoms with Gasteiger partial charge >= 0.3 is 0 Å². The van der Waals surface area contributed by atoms with Crippen LogP contribution >= 0.6 is 0 Å². The van der Waals surface area contributed by atoms with E-state index in [9.17, 15) is 13.7 Å². The molecule has 1 aromatic heterocycles. The molecule has 0 N–H and O–H groups in total. The molecule has 1 amide bonds. The van der Waals surface area contributed by atoms with Crippen LogP contribution in [-0.2, 0) is 20.4 Å². The highest BCUT2D eigenvalue weighted by Crippen LogP contribution is 2.53. The Kier molecular flexibility index (Phi) is 9.36. The Morgan fingerprint density at radius 2 is 1.61 bits per heavy atom. The molecule has 2 aliphatic rings. The van der Waals surface area contributed by atoms with Crippen molar-refractivity contribution in [2.24, 2.45) is 0 Å². The van der Waals surface area contributed by atoms with Gasteiger partial charge in [0.2, 0.25) is 5.88 Å². The summed E-state index contributed by atoms with van der Waals surface area (Å²) in [6.45, 7) is 6.30. The molecule has 0 aliphatic carbocycles. The van der Waals surface area contributed by atoms with Gasteiger partial charge in [0.1, 0.15) is 22.1 Å². The lowest BCUT2D eigenvalue weighted by molar-refractivity contribution is -0.127. The van der Waals surface area contributed by atoms with Crippen molar-refractivity contribution in [2.75, 3.05) is 62.8 Å². The van der Waals surface area contributed by atoms with E-state index < -0.39 is 21.5 Å². The normalized spacial score (nSPS) is 17.7. The molecule has 1 saturated heterocycles. The lowest BCUT2D eigenvalue weighted by Crippen LogP contribution is -2.60. The molecule has 0 radical (unpaired) electrons. The Bertz CT molecular complexity index is 2020. The van der Waals surface area contributed by atoms with Gasteiger partial charge in [-0.3, -0.25) is 9.69 Å². The van der Waals surface area contributed by atoms with Gasteiger partial charge in [0, 0.05) is 61.3 Å². The Labute approximate surface area is 286 Å². The molecular formula is C36H37N5O7S. The number of fused-ring (bicyclic) bond motifs is 1. The molecule has 0 spiro atoms. The molecular weight excluding hydrogens is 646 g/mol. The number of hydrogen-bond donors (Lipinski definition) is 0. The molecule has 13 heteroatoms. The summed E-state index contributed by atoms with van der Waals surface area (Å²) in [5.41, 5.74) is 0.532. The number of ether oxygens (including phenoxy) is 4. The molecule has 2 aliphatic heterocycles. The van der Waals surface area contributed by atoms with Crippen LogP contribution in [0.15, 0.2) is 83.9 Å². The summed E-state index contributed by atoms with van der Waals surface area (Å²) >= 11 is 0. The molecule has 0 bridgehead atoms. The predicted molar refractivity (Wildman–Crippen MR) is 183 cm³/mol. The Morgan fingerprint density at radius 1 is 0.857 bits per heavy atom. The highest BCUT2D eigenvalue weighted by Gasteiger charge is 2.61. The van der Waals surface area contributed by atoms with Crippen LogP contribution in [0.5, 0.6) is 23.1 Å². The summed E-state index contributed by atoms with van der Waals surface area (Å²) in [6.07, 6.45) is 1.70. The van der Waals surface area contributed by atoms with Crippen molar-refractivity contribution in [3.63, 3.8) is 0 Å². The predicted octanol–water partition coefficient (Wildman–Crippen LogP) is 4.57. The molecule has 4 aromatic rings. The van der Waals surface area contributed by atoms with E-state index in [1.807, 2.05) is 36.9 Å². The van der Waals surface area contributed by atoms with E-state index in [-0.39, 0.29) is 21.9 Å². The Hall–Kier alpha value is -5.32. The minimum Gasteiger partial charge on any atom is -0.497 e. The molecule has 0 saturated carbocycles. The van der Waals surface area contributed by atoms with Crippen molar-refractivity contribution in [2.45, 2.75) is 24.3 Å². The minimum atomic E-state index is -4.57. The van der Waals surface area contributed by atoms with Crippen molar-refractivity contribution in [3.05, 3.63) is 95.7 Å². The number of sulfonamides is 1. The van der Waals surface area contributed by atoms with E-state index in [0.29, 0.717) is 67.9 Å². The van der Waals surface area contributed by atoms with E-state index in [4.69, 9.17) is 18.9 Å². The van der Waals surface area contributed by atoms with E-state index in [1.54, 1.807) is 30.5 Å². The Balaban J connectivity index is 1.54. The number of methoxy groups -OCH3 is 2. The molecule has 1 fully saturated rings. The second-order valence-corrected chi connectivity index (χ2v) is 13.1. The van der Waals surface area contributed by atoms with Crippen LogP contribution in [0.25, 0.3) is 0 Å². The van der Waals surface area contributed by atoms with Gasteiger partial charge in [-0.05, 0) is 56.3 Å². The van der Waals surface area contributed by atoms with E-state index in [0.717, 1.165) is 9.99 Å². The van der Waals surface area contributed by atoms with Gasteiger partial charge in [-0.2, -0.15) is 5.26 Å². The lowest BCUT2D eigenvalue weighted by atomic mass is 9.80. The maximum Gasteiger partial charge on any atom is 0.274 e. The maximum absolute atomic E-state index is 15.4. The van der Waals surface area contributed by atoms with Gasteiger partial charge in [0.15, 0.2) is 5.54 Å². The summed E-state index contributed by atoms with van der Waals surface area (Å²) in [5.74, 6) is 0.655. The van der Waals surface area contributed by atoms with Crippen LogP contribution in [0.1, 0.15) is 30.5 Å². The third-order valence-electron chi connectivity index (χ3n) is 8.82. The van der Waals surface area contributed by atoms with Crippen molar-refractivity contribution < 1.29 is 32.2 Å². The quantitative estimate of drug-likeness (QED) is 0.220. The van der Waals surface area contributed by atoms with Crippen molar-refractivity contribution in [1.82, 2.24) is 9.88 Å². The zero-order valence-corrected chi connectivity index (χ0v) is 28.6. The second-order valence-electron chi connectivity index (χ2n) is 11.3. The molecule has 3 heterocycles. The lowest BCUT2D eigenvalue weighted by Gasteiger charge is -2.46. The van der Waals surface area contributed by atoms with Crippen LogP contribution in [0.4, 0.5) is 11.4 Å². The number of carbonyl (C=O) groups excluding carboxylic acids is 1. The fraction of sp³-hybridized carbons (Fsp3) is 0.306. The number of para-hydroxylation sites is 1. The molecule has 1 unspecified atom stereocenters. The smallest absolute Gasteiger partial charge is 0.274 e. The number of pyridine rings is 1. The van der Waals surface area contributed by atoms with E-state index >= 15 is 4.79 Å². The van der Waals surface area contributed by atoms with E-state index in [1.165, 1.54) is 44.6 Å². The number of amides is 1. The highest BCUT2D eigenvalue weighted by molar-refractivity contribution is 7.93. The maximum atomic E-state index is 15.4. The number of nitrogens with zero attached hydrogens (tertiary/aromatic N) is 5. The second kappa shape index (κ2) is 13.7. The summed E-state index contributed by atoms with van der Waals surface area (Å²) in [6, 6.07) is 22.1. The zero-order valence-electron chi connectivity index (χ0n) is 27.8. The topological polar surface area (TPSA) is 135 Å². The number of hydrogen-bond acceptors (Lipinski definition) is 11. The van der Waals surface area contributed by atoms with Gasteiger partial charge in [-0.1, -0.05) is 18.2 Å². The molecule has 49 heavy (non-hydrogen) atoms. The monoisotopic (exact) mass is 683 g/mol. The molecule has 254 valence electrons. The number of aromatic nitrogens is 1. The molecule has 12 nitrogen and oxygen atoms in total. The minimum absolute atomic E-state index is 0.0203. The van der Waals surface area contributed by atoms with Crippen molar-refractivity contribution in [1.29, 1.82) is 5.26 Å². The summed E-state index contributed by atoms with van der Waals surface area (Å²) in [7, 11) is -1.75. The standard InChI is InChI=1S/C36H37N5O7S/c1-5-47-31-10-8-7-9-28(31)36(40-19-17-39(18-20-40)26-15-16-38-34(22-26)48-6-2)29-21-25(24-37)11-13-30(29)41(35(36)42)49(43,44)33-14-12-27(45-3)23-32(33)46-4/h7-16,21-23H,5-6,17-20H2,1-4H3. The van der Waals surface area contributed by atoms with Gasteiger partial charge in [-0.25, -0.2) is 17.7 Å². The zero-order chi connectivity index (χ0) is 34.8. The first-order valence-electron chi connectivity index (χ1n) is 15.9. The number of anilines is 2. The summed E-state index contributed by atoms with van der Waals surface area (Å²) in [5, 5.41) is 10.0. The first-order chi connectivity index (χ1) is 23.7. The van der Waals surface area contributed by atoms with Crippen LogP contribution in [0, 0.1) is 11.3 Å².